The Morgan fingerprint density at radius 1 is 1.04 bits per heavy atom. The van der Waals surface area contributed by atoms with Crippen LogP contribution in [0.15, 0.2) is 30.5 Å². The van der Waals surface area contributed by atoms with Crippen LogP contribution in [0.1, 0.15) is 49.0 Å². The molecule has 4 aliphatic carbocycles. The zero-order valence-corrected chi connectivity index (χ0v) is 13.6. The minimum absolute atomic E-state index is 0.144. The number of hydrogen-bond acceptors (Lipinski definition) is 4. The van der Waals surface area contributed by atoms with E-state index in [2.05, 4.69) is 15.4 Å². The first kappa shape index (κ1) is 14.3. The average molecular weight is 323 g/mol. The number of fused-ring (bicyclic) bond motifs is 1. The van der Waals surface area contributed by atoms with Gasteiger partial charge in [0.1, 0.15) is 5.69 Å². The largest absolute Gasteiger partial charge is 0.295 e. The summed E-state index contributed by atoms with van der Waals surface area (Å²) in [6.07, 6.45) is 8.83. The Labute approximate surface area is 140 Å². The zero-order chi connectivity index (χ0) is 16.1. The number of benzene rings is 1. The Hall–Kier alpha value is -2.01. The fourth-order valence-corrected chi connectivity index (χ4v) is 5.43. The number of rotatable bonds is 3. The Bertz CT molecular complexity index is 769. The molecule has 1 heterocycles. The number of aromatic nitrogens is 2. The van der Waals surface area contributed by atoms with Crippen molar-refractivity contribution in [2.75, 3.05) is 0 Å². The van der Waals surface area contributed by atoms with Crippen LogP contribution in [0.5, 0.6) is 0 Å². The first-order chi connectivity index (χ1) is 11.7. The second-order valence-corrected chi connectivity index (χ2v) is 7.88. The van der Waals surface area contributed by atoms with E-state index in [1.807, 2.05) is 24.3 Å². The van der Waals surface area contributed by atoms with Crippen LogP contribution >= 0.6 is 0 Å². The summed E-state index contributed by atoms with van der Waals surface area (Å²) in [6.45, 7) is 0. The molecule has 0 spiro atoms. The standard InChI is InChI=1S/C19H21N3O2/c23-18(17-11-20-15-3-1-2-4-16(15)21-17)22-24-19-8-12-5-13(9-19)7-14(6-12)10-19/h1-4,11-14H,5-10H2,(H,22,23). The summed E-state index contributed by atoms with van der Waals surface area (Å²) in [4.78, 5) is 27.1. The molecular weight excluding hydrogens is 302 g/mol. The van der Waals surface area contributed by atoms with Gasteiger partial charge in [-0.2, -0.15) is 0 Å². The third-order valence-electron chi connectivity index (χ3n) is 6.02. The highest BCUT2D eigenvalue weighted by Gasteiger charge is 2.52. The van der Waals surface area contributed by atoms with Crippen molar-refractivity contribution >= 4 is 16.9 Å². The number of nitrogens with zero attached hydrogens (tertiary/aromatic N) is 2. The number of nitrogens with one attached hydrogen (secondary N) is 1. The molecule has 0 unspecified atom stereocenters. The normalized spacial score (nSPS) is 33.8. The van der Waals surface area contributed by atoms with Crippen LogP contribution in [0, 0.1) is 17.8 Å². The molecule has 1 aromatic carbocycles. The lowest BCUT2D eigenvalue weighted by Crippen LogP contribution is -2.54. The van der Waals surface area contributed by atoms with Gasteiger partial charge in [0.25, 0.3) is 5.91 Å². The molecule has 0 saturated heterocycles. The van der Waals surface area contributed by atoms with Crippen molar-refractivity contribution in [3.63, 3.8) is 0 Å². The van der Waals surface area contributed by atoms with Gasteiger partial charge in [0, 0.05) is 0 Å². The van der Waals surface area contributed by atoms with E-state index in [9.17, 15) is 4.79 Å². The summed E-state index contributed by atoms with van der Waals surface area (Å²) in [5.74, 6) is 2.06. The van der Waals surface area contributed by atoms with Gasteiger partial charge in [-0.15, -0.1) is 0 Å². The second kappa shape index (κ2) is 5.24. The van der Waals surface area contributed by atoms with Crippen molar-refractivity contribution in [3.8, 4) is 0 Å². The molecule has 5 heteroatoms. The van der Waals surface area contributed by atoms with Crippen LogP contribution in [0.2, 0.25) is 0 Å². The van der Waals surface area contributed by atoms with Gasteiger partial charge in [-0.3, -0.25) is 14.6 Å². The lowest BCUT2D eigenvalue weighted by molar-refractivity contribution is -0.186. The summed E-state index contributed by atoms with van der Waals surface area (Å²) in [5, 5.41) is 0. The van der Waals surface area contributed by atoms with E-state index in [4.69, 9.17) is 4.84 Å². The Morgan fingerprint density at radius 2 is 1.67 bits per heavy atom. The van der Waals surface area contributed by atoms with Crippen molar-refractivity contribution < 1.29 is 9.63 Å². The molecular formula is C19H21N3O2. The Morgan fingerprint density at radius 3 is 2.33 bits per heavy atom. The monoisotopic (exact) mass is 323 g/mol. The van der Waals surface area contributed by atoms with Crippen LogP contribution in [0.4, 0.5) is 0 Å². The molecule has 0 radical (unpaired) electrons. The summed E-state index contributed by atoms with van der Waals surface area (Å²) in [5.41, 5.74) is 4.35. The third kappa shape index (κ3) is 2.38. The topological polar surface area (TPSA) is 64.1 Å². The van der Waals surface area contributed by atoms with E-state index in [1.54, 1.807) is 0 Å². The maximum atomic E-state index is 12.4. The number of para-hydroxylation sites is 2. The fourth-order valence-electron chi connectivity index (χ4n) is 5.43. The molecule has 0 aliphatic heterocycles. The number of carbonyl (C=O) groups excluding carboxylic acids is 1. The SMILES string of the molecule is O=C(NOC12CC3CC(CC(C3)C1)C2)c1cnc2ccccc2n1. The molecule has 2 aromatic rings. The van der Waals surface area contributed by atoms with Crippen LogP contribution in [-0.4, -0.2) is 21.5 Å². The molecule has 124 valence electrons. The van der Waals surface area contributed by atoms with Crippen molar-refractivity contribution in [2.24, 2.45) is 17.8 Å². The number of hydroxylamine groups is 1. The molecule has 5 nitrogen and oxygen atoms in total. The highest BCUT2D eigenvalue weighted by molar-refractivity contribution is 5.93. The van der Waals surface area contributed by atoms with Gasteiger partial charge in [-0.1, -0.05) is 12.1 Å². The van der Waals surface area contributed by atoms with E-state index >= 15 is 0 Å². The summed E-state index contributed by atoms with van der Waals surface area (Å²) >= 11 is 0. The maximum Gasteiger partial charge on any atom is 0.295 e. The summed E-state index contributed by atoms with van der Waals surface area (Å²) in [6, 6.07) is 7.55. The first-order valence-electron chi connectivity index (χ1n) is 8.89. The van der Waals surface area contributed by atoms with Crippen LogP contribution in [0.25, 0.3) is 11.0 Å². The van der Waals surface area contributed by atoms with Crippen molar-refractivity contribution in [1.82, 2.24) is 15.4 Å². The molecule has 4 fully saturated rings. The minimum Gasteiger partial charge on any atom is -0.267 e. The molecule has 1 amide bonds. The van der Waals surface area contributed by atoms with Gasteiger partial charge in [0.2, 0.25) is 0 Å². The van der Waals surface area contributed by atoms with Crippen molar-refractivity contribution in [1.29, 1.82) is 0 Å². The van der Waals surface area contributed by atoms with E-state index in [0.29, 0.717) is 5.69 Å². The molecule has 4 aliphatic rings. The van der Waals surface area contributed by atoms with Gasteiger partial charge in [-0.25, -0.2) is 10.5 Å². The maximum absolute atomic E-state index is 12.4. The van der Waals surface area contributed by atoms with Crippen LogP contribution in [-0.2, 0) is 4.84 Å². The molecule has 6 rings (SSSR count). The number of hydrogen-bond donors (Lipinski definition) is 1. The molecule has 4 saturated carbocycles. The van der Waals surface area contributed by atoms with E-state index in [-0.39, 0.29) is 11.5 Å². The van der Waals surface area contributed by atoms with E-state index in [1.165, 1.54) is 25.5 Å². The van der Waals surface area contributed by atoms with E-state index < -0.39 is 0 Å². The lowest BCUT2D eigenvalue weighted by atomic mass is 9.54. The lowest BCUT2D eigenvalue weighted by Gasteiger charge is -2.55. The Kier molecular flexibility index (Phi) is 3.13. The molecule has 1 aromatic heterocycles. The fraction of sp³-hybridized carbons (Fsp3) is 0.526. The molecule has 1 N–H and O–H groups in total. The molecule has 4 bridgehead atoms. The van der Waals surface area contributed by atoms with Crippen molar-refractivity contribution in [3.05, 3.63) is 36.2 Å². The summed E-state index contributed by atoms with van der Waals surface area (Å²) < 4.78 is 0. The van der Waals surface area contributed by atoms with Crippen molar-refractivity contribution in [2.45, 2.75) is 44.1 Å². The number of amides is 1. The predicted octanol–water partition coefficient (Wildman–Crippen LogP) is 3.26. The van der Waals surface area contributed by atoms with Crippen LogP contribution < -0.4 is 5.48 Å². The second-order valence-electron chi connectivity index (χ2n) is 7.88. The predicted molar refractivity (Wildman–Crippen MR) is 89.0 cm³/mol. The first-order valence-corrected chi connectivity index (χ1v) is 8.89. The van der Waals surface area contributed by atoms with E-state index in [0.717, 1.165) is 48.0 Å². The van der Waals surface area contributed by atoms with Gasteiger partial charge >= 0.3 is 0 Å². The Balaban J connectivity index is 1.31. The molecule has 0 atom stereocenters. The van der Waals surface area contributed by atoms with Gasteiger partial charge in [-0.05, 0) is 68.4 Å². The number of carbonyl (C=O) groups is 1. The quantitative estimate of drug-likeness (QED) is 0.881. The third-order valence-corrected chi connectivity index (χ3v) is 6.02. The minimum atomic E-state index is -0.302. The zero-order valence-electron chi connectivity index (χ0n) is 13.6. The van der Waals surface area contributed by atoms with Crippen LogP contribution in [0.3, 0.4) is 0 Å². The average Bonchev–Trinajstić information content (AvgIpc) is 2.58. The molecule has 24 heavy (non-hydrogen) atoms. The highest BCUT2D eigenvalue weighted by Crippen LogP contribution is 2.56. The van der Waals surface area contributed by atoms with Gasteiger partial charge in [0.05, 0.1) is 22.8 Å². The highest BCUT2D eigenvalue weighted by atomic mass is 16.7. The summed E-state index contributed by atoms with van der Waals surface area (Å²) in [7, 11) is 0. The van der Waals surface area contributed by atoms with Gasteiger partial charge in [0.15, 0.2) is 0 Å². The van der Waals surface area contributed by atoms with Gasteiger partial charge < -0.3 is 0 Å². The smallest absolute Gasteiger partial charge is 0.267 e.